The van der Waals surface area contributed by atoms with Gasteiger partial charge in [-0.1, -0.05) is 23.8 Å². The summed E-state index contributed by atoms with van der Waals surface area (Å²) in [5, 5.41) is 23.9. The molecule has 0 aromatic carbocycles. The van der Waals surface area contributed by atoms with Gasteiger partial charge in [0.1, 0.15) is 0 Å². The van der Waals surface area contributed by atoms with Crippen LogP contribution in [0, 0.1) is 0 Å². The van der Waals surface area contributed by atoms with E-state index in [0.29, 0.717) is 6.54 Å². The molecule has 1 unspecified atom stereocenters. The van der Waals surface area contributed by atoms with E-state index in [1.54, 1.807) is 0 Å². The average Bonchev–Trinajstić information content (AvgIpc) is 2.63. The standard InChI is InChI=1S/C17H19NO2/c19-13-6-2-4-11-8-7-10-3-1-5-12-9-18-17(20)16(14(10)12)15(11)13/h1,3,7,13,18-20H,2,4-6,8-9H2. The molecule has 0 fully saturated rings. The lowest BCUT2D eigenvalue weighted by molar-refractivity contribution is 0.189. The number of rotatable bonds is 0. The summed E-state index contributed by atoms with van der Waals surface area (Å²) >= 11 is 0. The Balaban J connectivity index is 1.97. The van der Waals surface area contributed by atoms with Crippen LogP contribution in [0.5, 0.6) is 0 Å². The summed E-state index contributed by atoms with van der Waals surface area (Å²) in [6.07, 6.45) is 10.8. The largest absolute Gasteiger partial charge is 0.494 e. The quantitative estimate of drug-likeness (QED) is 0.634. The number of aliphatic hydroxyl groups excluding tert-OH is 2. The summed E-state index contributed by atoms with van der Waals surface area (Å²) in [6.45, 7) is 0.699. The third kappa shape index (κ3) is 1.63. The molecule has 0 saturated heterocycles. The zero-order valence-corrected chi connectivity index (χ0v) is 11.4. The van der Waals surface area contributed by atoms with Crippen LogP contribution in [0.3, 0.4) is 0 Å². The Labute approximate surface area is 118 Å². The van der Waals surface area contributed by atoms with Crippen LogP contribution in [0.25, 0.3) is 0 Å². The Bertz CT molecular complexity index is 631. The van der Waals surface area contributed by atoms with Crippen LogP contribution in [0.4, 0.5) is 0 Å². The normalized spacial score (nSPS) is 28.6. The fourth-order valence-corrected chi connectivity index (χ4v) is 3.84. The molecule has 0 spiro atoms. The van der Waals surface area contributed by atoms with Crippen molar-refractivity contribution in [2.75, 3.05) is 6.54 Å². The maximum absolute atomic E-state index is 10.5. The predicted molar refractivity (Wildman–Crippen MR) is 78.0 cm³/mol. The molecule has 3 aliphatic carbocycles. The highest BCUT2D eigenvalue weighted by molar-refractivity contribution is 5.68. The molecular formula is C17H19NO2. The predicted octanol–water partition coefficient (Wildman–Crippen LogP) is 2.79. The molecule has 0 amide bonds. The molecule has 0 bridgehead atoms. The Morgan fingerprint density at radius 2 is 2.05 bits per heavy atom. The second-order valence-electron chi connectivity index (χ2n) is 5.95. The number of aliphatic hydroxyl groups is 2. The van der Waals surface area contributed by atoms with Gasteiger partial charge in [0.15, 0.2) is 5.88 Å². The van der Waals surface area contributed by atoms with Crippen molar-refractivity contribution >= 4 is 0 Å². The highest BCUT2D eigenvalue weighted by Crippen LogP contribution is 2.45. The van der Waals surface area contributed by atoms with Gasteiger partial charge in [-0.15, -0.1) is 0 Å². The van der Waals surface area contributed by atoms with E-state index in [1.165, 1.54) is 16.7 Å². The Hall–Kier alpha value is -1.74. The zero-order valence-electron chi connectivity index (χ0n) is 11.4. The number of allylic oxidation sites excluding steroid dienone is 6. The first-order chi connectivity index (χ1) is 9.75. The molecule has 3 N–H and O–H groups in total. The van der Waals surface area contributed by atoms with Crippen LogP contribution in [-0.2, 0) is 0 Å². The lowest BCUT2D eigenvalue weighted by Gasteiger charge is -2.32. The van der Waals surface area contributed by atoms with Crippen molar-refractivity contribution in [1.29, 1.82) is 0 Å². The minimum absolute atomic E-state index is 0.236. The van der Waals surface area contributed by atoms with E-state index < -0.39 is 6.10 Å². The molecule has 1 heterocycles. The minimum atomic E-state index is -0.441. The third-order valence-electron chi connectivity index (χ3n) is 4.77. The first-order valence-corrected chi connectivity index (χ1v) is 7.42. The van der Waals surface area contributed by atoms with Crippen LogP contribution >= 0.6 is 0 Å². The maximum atomic E-state index is 10.5. The van der Waals surface area contributed by atoms with Crippen LogP contribution in [0.2, 0.25) is 0 Å². The molecule has 3 nitrogen and oxygen atoms in total. The van der Waals surface area contributed by atoms with E-state index in [0.717, 1.165) is 48.8 Å². The van der Waals surface area contributed by atoms with Crippen molar-refractivity contribution in [1.82, 2.24) is 5.32 Å². The Morgan fingerprint density at radius 1 is 1.15 bits per heavy atom. The summed E-state index contributed by atoms with van der Waals surface area (Å²) in [5.74, 6) is 0.236. The van der Waals surface area contributed by atoms with Gasteiger partial charge in [-0.05, 0) is 54.4 Å². The second kappa shape index (κ2) is 4.38. The van der Waals surface area contributed by atoms with Gasteiger partial charge in [-0.25, -0.2) is 0 Å². The molecule has 20 heavy (non-hydrogen) atoms. The van der Waals surface area contributed by atoms with Crippen molar-refractivity contribution in [3.8, 4) is 0 Å². The number of fused-ring (bicyclic) bond motifs is 1. The monoisotopic (exact) mass is 269 g/mol. The van der Waals surface area contributed by atoms with Gasteiger partial charge in [0.2, 0.25) is 0 Å². The van der Waals surface area contributed by atoms with Gasteiger partial charge in [0.25, 0.3) is 0 Å². The van der Waals surface area contributed by atoms with Gasteiger partial charge in [0.05, 0.1) is 6.10 Å². The number of hydrogen-bond acceptors (Lipinski definition) is 3. The number of hydrogen-bond donors (Lipinski definition) is 3. The molecular weight excluding hydrogens is 250 g/mol. The zero-order chi connectivity index (χ0) is 13.7. The van der Waals surface area contributed by atoms with Crippen LogP contribution in [0.15, 0.2) is 57.5 Å². The van der Waals surface area contributed by atoms with Crippen molar-refractivity contribution < 1.29 is 10.2 Å². The summed E-state index contributed by atoms with van der Waals surface area (Å²) in [5.41, 5.74) is 6.82. The van der Waals surface area contributed by atoms with E-state index >= 15 is 0 Å². The summed E-state index contributed by atoms with van der Waals surface area (Å²) in [6, 6.07) is 0. The molecule has 0 radical (unpaired) electrons. The average molecular weight is 269 g/mol. The van der Waals surface area contributed by atoms with Gasteiger partial charge < -0.3 is 15.5 Å². The highest BCUT2D eigenvalue weighted by Gasteiger charge is 2.34. The van der Waals surface area contributed by atoms with E-state index in [-0.39, 0.29) is 5.88 Å². The van der Waals surface area contributed by atoms with Crippen LogP contribution in [0.1, 0.15) is 32.1 Å². The lowest BCUT2D eigenvalue weighted by Crippen LogP contribution is -2.30. The Kier molecular flexibility index (Phi) is 2.64. The fourth-order valence-electron chi connectivity index (χ4n) is 3.84. The molecule has 1 aliphatic heterocycles. The minimum Gasteiger partial charge on any atom is -0.494 e. The van der Waals surface area contributed by atoms with Gasteiger partial charge >= 0.3 is 0 Å². The lowest BCUT2D eigenvalue weighted by atomic mass is 9.78. The molecule has 104 valence electrons. The number of dihydropyridines is 1. The van der Waals surface area contributed by atoms with Crippen molar-refractivity contribution in [3.05, 3.63) is 57.5 Å². The molecule has 4 aliphatic rings. The van der Waals surface area contributed by atoms with Crippen molar-refractivity contribution in [2.24, 2.45) is 0 Å². The fraction of sp³-hybridized carbons (Fsp3) is 0.412. The van der Waals surface area contributed by atoms with E-state index in [9.17, 15) is 10.2 Å². The molecule has 3 heteroatoms. The van der Waals surface area contributed by atoms with Gasteiger partial charge in [0, 0.05) is 12.1 Å². The Morgan fingerprint density at radius 3 is 2.95 bits per heavy atom. The topological polar surface area (TPSA) is 52.5 Å². The second-order valence-corrected chi connectivity index (χ2v) is 5.95. The molecule has 0 saturated carbocycles. The van der Waals surface area contributed by atoms with E-state index in [4.69, 9.17) is 0 Å². The molecule has 1 atom stereocenters. The van der Waals surface area contributed by atoms with Gasteiger partial charge in [-0.2, -0.15) is 0 Å². The smallest absolute Gasteiger partial charge is 0.192 e. The maximum Gasteiger partial charge on any atom is 0.192 e. The van der Waals surface area contributed by atoms with Crippen LogP contribution in [-0.4, -0.2) is 22.9 Å². The van der Waals surface area contributed by atoms with E-state index in [1.807, 2.05) is 0 Å². The van der Waals surface area contributed by atoms with Crippen molar-refractivity contribution in [2.45, 2.75) is 38.2 Å². The van der Waals surface area contributed by atoms with Crippen LogP contribution < -0.4 is 5.32 Å². The van der Waals surface area contributed by atoms with Gasteiger partial charge in [-0.3, -0.25) is 0 Å². The highest BCUT2D eigenvalue weighted by atomic mass is 16.3. The molecule has 0 aromatic heterocycles. The summed E-state index contributed by atoms with van der Waals surface area (Å²) < 4.78 is 0. The first kappa shape index (κ1) is 12.0. The van der Waals surface area contributed by atoms with Crippen molar-refractivity contribution in [3.63, 3.8) is 0 Å². The molecule has 0 aromatic rings. The first-order valence-electron chi connectivity index (χ1n) is 7.42. The summed E-state index contributed by atoms with van der Waals surface area (Å²) in [7, 11) is 0. The molecule has 4 rings (SSSR count). The van der Waals surface area contributed by atoms with E-state index in [2.05, 4.69) is 23.5 Å². The summed E-state index contributed by atoms with van der Waals surface area (Å²) in [4.78, 5) is 0. The third-order valence-corrected chi connectivity index (χ3v) is 4.77. The SMILES string of the molecule is OC1=C2C3=C(CC=CC3=CCC3=C2C(O)CCC3)CN1. The number of nitrogens with one attached hydrogen (secondary N) is 1.